The number of nitro groups is 1. The Labute approximate surface area is 77.7 Å². The highest BCUT2D eigenvalue weighted by Crippen LogP contribution is 2.30. The number of hydrogen-bond acceptors (Lipinski definition) is 4. The first-order valence-corrected chi connectivity index (χ1v) is 3.49. The molecule has 0 aliphatic rings. The van der Waals surface area contributed by atoms with Gasteiger partial charge in [0.05, 0.1) is 16.6 Å². The maximum absolute atomic E-state index is 10.3. The van der Waals surface area contributed by atoms with Crippen LogP contribution in [0.1, 0.15) is 5.56 Å². The average molecular weight is 201 g/mol. The fourth-order valence-corrected chi connectivity index (χ4v) is 1.01. The molecule has 1 aromatic carbocycles. The van der Waals surface area contributed by atoms with Gasteiger partial charge >= 0.3 is 0 Å². The van der Waals surface area contributed by atoms with E-state index in [-0.39, 0.29) is 10.6 Å². The van der Waals surface area contributed by atoms with Gasteiger partial charge in [-0.05, 0) is 6.07 Å². The highest BCUT2D eigenvalue weighted by molar-refractivity contribution is 6.33. The summed E-state index contributed by atoms with van der Waals surface area (Å²) < 4.78 is 0. The van der Waals surface area contributed by atoms with Crippen LogP contribution in [0.25, 0.3) is 0 Å². The third-order valence-corrected chi connectivity index (χ3v) is 1.67. The molecule has 0 aromatic heterocycles. The van der Waals surface area contributed by atoms with Crippen LogP contribution in [0.15, 0.2) is 12.1 Å². The second-order valence-electron chi connectivity index (χ2n) is 2.18. The van der Waals surface area contributed by atoms with Crippen molar-refractivity contribution in [2.45, 2.75) is 0 Å². The second-order valence-corrected chi connectivity index (χ2v) is 2.59. The van der Waals surface area contributed by atoms with Crippen molar-refractivity contribution in [1.29, 1.82) is 0 Å². The van der Waals surface area contributed by atoms with Crippen LogP contribution in [0.5, 0.6) is 5.75 Å². The average Bonchev–Trinajstić information content (AvgIpc) is 2.07. The summed E-state index contributed by atoms with van der Waals surface area (Å²) in [6, 6.07) is 1.80. The van der Waals surface area contributed by atoms with E-state index in [1.54, 1.807) is 0 Å². The van der Waals surface area contributed by atoms with Gasteiger partial charge in [-0.25, -0.2) is 0 Å². The van der Waals surface area contributed by atoms with Gasteiger partial charge in [-0.2, -0.15) is 0 Å². The van der Waals surface area contributed by atoms with Crippen LogP contribution in [0, 0.1) is 10.1 Å². The van der Waals surface area contributed by atoms with Gasteiger partial charge in [0.2, 0.25) is 6.29 Å². The van der Waals surface area contributed by atoms with E-state index < -0.39 is 16.4 Å². The molecule has 0 fully saturated rings. The van der Waals surface area contributed by atoms with Gasteiger partial charge in [-0.1, -0.05) is 11.6 Å². The Hall–Kier alpha value is -1.62. The molecule has 0 bridgehead atoms. The Balaban J connectivity index is 3.36. The maximum Gasteiger partial charge on any atom is 0.291 e. The van der Waals surface area contributed by atoms with Crippen molar-refractivity contribution < 1.29 is 14.8 Å². The largest absolute Gasteiger partial charge is 0.507 e. The van der Waals surface area contributed by atoms with Crippen molar-refractivity contribution in [3.05, 3.63) is 32.8 Å². The quantitative estimate of drug-likeness (QED) is 0.578. The molecule has 0 heterocycles. The number of nitro benzene ring substituents is 1. The van der Waals surface area contributed by atoms with E-state index in [4.69, 9.17) is 16.7 Å². The molecule has 67 valence electrons. The zero-order valence-corrected chi connectivity index (χ0v) is 6.91. The van der Waals surface area contributed by atoms with Gasteiger partial charge in [0.15, 0.2) is 0 Å². The summed E-state index contributed by atoms with van der Waals surface area (Å²) in [6.07, 6.45) is 1.40. The van der Waals surface area contributed by atoms with E-state index in [0.29, 0.717) is 0 Å². The molecule has 0 unspecified atom stereocenters. The molecular weight excluding hydrogens is 198 g/mol. The lowest BCUT2D eigenvalue weighted by atomic mass is 10.2. The molecule has 1 aromatic rings. The fraction of sp³-hybridized carbons (Fsp3) is 0. The van der Waals surface area contributed by atoms with Gasteiger partial charge in [0.25, 0.3) is 5.69 Å². The Bertz CT molecular complexity index is 377. The molecule has 1 rings (SSSR count). The van der Waals surface area contributed by atoms with Crippen molar-refractivity contribution in [3.8, 4) is 5.75 Å². The first kappa shape index (κ1) is 9.47. The number of nitrogens with zero attached hydrogens (tertiary/aromatic N) is 1. The van der Waals surface area contributed by atoms with E-state index in [0.717, 1.165) is 12.1 Å². The summed E-state index contributed by atoms with van der Waals surface area (Å²) in [5.41, 5.74) is -0.645. The number of rotatable bonds is 2. The predicted molar refractivity (Wildman–Crippen MR) is 44.6 cm³/mol. The topological polar surface area (TPSA) is 80.4 Å². The molecule has 0 aliphatic carbocycles. The first-order valence-electron chi connectivity index (χ1n) is 3.11. The third kappa shape index (κ3) is 1.75. The van der Waals surface area contributed by atoms with Gasteiger partial charge in [-0.15, -0.1) is 0 Å². The Morgan fingerprint density at radius 2 is 2.15 bits per heavy atom. The summed E-state index contributed by atoms with van der Waals surface area (Å²) in [4.78, 5) is 19.7. The summed E-state index contributed by atoms with van der Waals surface area (Å²) in [5.74, 6) is -0.508. The molecule has 0 atom stereocenters. The van der Waals surface area contributed by atoms with Crippen molar-refractivity contribution >= 4 is 23.6 Å². The molecule has 0 saturated carbocycles. The molecule has 0 amide bonds. The van der Waals surface area contributed by atoms with Crippen molar-refractivity contribution in [2.24, 2.45) is 0 Å². The minimum Gasteiger partial charge on any atom is -0.507 e. The highest BCUT2D eigenvalue weighted by Gasteiger charge is 2.16. The van der Waals surface area contributed by atoms with Crippen molar-refractivity contribution in [2.75, 3.05) is 0 Å². The second kappa shape index (κ2) is 3.40. The normalized spacial score (nSPS) is 9.62. The minimum absolute atomic E-state index is 0.199. The number of hydrogen-bond donors (Lipinski definition) is 1. The zero-order chi connectivity index (χ0) is 10.0. The van der Waals surface area contributed by atoms with Crippen LogP contribution in [-0.4, -0.2) is 16.3 Å². The van der Waals surface area contributed by atoms with E-state index in [9.17, 15) is 14.9 Å². The summed E-state index contributed by atoms with van der Waals surface area (Å²) in [7, 11) is 0. The van der Waals surface area contributed by atoms with E-state index >= 15 is 0 Å². The number of carbonyl (C=O) groups excluding carboxylic acids is 1. The molecule has 5 nitrogen and oxygen atoms in total. The maximum atomic E-state index is 10.3. The van der Waals surface area contributed by atoms with Gasteiger partial charge in [-0.3, -0.25) is 14.9 Å². The smallest absolute Gasteiger partial charge is 0.291 e. The Kier molecular flexibility index (Phi) is 2.48. The zero-order valence-electron chi connectivity index (χ0n) is 6.15. The molecule has 1 radical (unpaired) electrons. The van der Waals surface area contributed by atoms with Gasteiger partial charge in [0, 0.05) is 0 Å². The lowest BCUT2D eigenvalue weighted by molar-refractivity contribution is -0.384. The summed E-state index contributed by atoms with van der Waals surface area (Å²) in [6.45, 7) is 0. The predicted octanol–water partition coefficient (Wildman–Crippen LogP) is 1.41. The molecule has 0 saturated heterocycles. The van der Waals surface area contributed by atoms with E-state index in [1.807, 2.05) is 0 Å². The third-order valence-electron chi connectivity index (χ3n) is 1.37. The summed E-state index contributed by atoms with van der Waals surface area (Å²) in [5, 5.41) is 19.1. The molecule has 13 heavy (non-hydrogen) atoms. The van der Waals surface area contributed by atoms with Crippen molar-refractivity contribution in [3.63, 3.8) is 0 Å². The number of aromatic hydroxyl groups is 1. The monoisotopic (exact) mass is 200 g/mol. The van der Waals surface area contributed by atoms with Gasteiger partial charge < -0.3 is 5.11 Å². The molecule has 0 spiro atoms. The van der Waals surface area contributed by atoms with Crippen LogP contribution in [0.4, 0.5) is 5.69 Å². The SMILES string of the molecule is O=[C]c1cc(Cl)c([N+](=O)[O-])cc1O. The number of phenolic OH excluding ortho intramolecular Hbond substituents is 1. The van der Waals surface area contributed by atoms with Gasteiger partial charge in [0.1, 0.15) is 10.8 Å². The number of benzene rings is 1. The van der Waals surface area contributed by atoms with Crippen LogP contribution < -0.4 is 0 Å². The Morgan fingerprint density at radius 3 is 2.62 bits per heavy atom. The number of phenols is 1. The highest BCUT2D eigenvalue weighted by atomic mass is 35.5. The minimum atomic E-state index is -0.753. The molecule has 6 heteroatoms. The van der Waals surface area contributed by atoms with Crippen LogP contribution >= 0.6 is 11.6 Å². The molecule has 0 aliphatic heterocycles. The molecular formula is C7H3ClNO4. The molecule has 1 N–H and O–H groups in total. The standard InChI is InChI=1S/C7H3ClNO4/c8-5-1-4(3-10)7(11)2-6(5)9(12)13/h1-2,11H. The first-order chi connectivity index (χ1) is 6.06. The fourth-order valence-electron chi connectivity index (χ4n) is 0.772. The Morgan fingerprint density at radius 1 is 1.54 bits per heavy atom. The van der Waals surface area contributed by atoms with E-state index in [1.165, 1.54) is 6.29 Å². The van der Waals surface area contributed by atoms with E-state index in [2.05, 4.69) is 0 Å². The van der Waals surface area contributed by atoms with Crippen molar-refractivity contribution in [1.82, 2.24) is 0 Å². The lowest BCUT2D eigenvalue weighted by Crippen LogP contribution is -1.91. The van der Waals surface area contributed by atoms with Crippen LogP contribution in [0.2, 0.25) is 5.02 Å². The van der Waals surface area contributed by atoms with Crippen LogP contribution in [-0.2, 0) is 4.79 Å². The number of halogens is 1. The lowest BCUT2D eigenvalue weighted by Gasteiger charge is -1.98. The van der Waals surface area contributed by atoms with Crippen LogP contribution in [0.3, 0.4) is 0 Å². The summed E-state index contributed by atoms with van der Waals surface area (Å²) >= 11 is 5.44.